The number of hydrogen-bond acceptors (Lipinski definition) is 5. The number of H-pyrrole nitrogens is 1. The van der Waals surface area contributed by atoms with Crippen molar-refractivity contribution in [2.24, 2.45) is 5.92 Å². The predicted octanol–water partition coefficient (Wildman–Crippen LogP) is 1.77. The van der Waals surface area contributed by atoms with Crippen LogP contribution in [0, 0.1) is 5.92 Å². The van der Waals surface area contributed by atoms with E-state index in [2.05, 4.69) is 19.3 Å². The van der Waals surface area contributed by atoms with Crippen molar-refractivity contribution in [1.29, 1.82) is 0 Å². The standard InChI is InChI=1S/C12H12N4OS/c17-11(12-14-4-5-15-12)9-7-16(18-8-9)10-2-1-3-13-6-10/h1-6,9H,7-8H2,(H,14,15). The first kappa shape index (κ1) is 11.3. The maximum absolute atomic E-state index is 12.1. The van der Waals surface area contributed by atoms with Crippen LogP contribution in [0.4, 0.5) is 5.69 Å². The van der Waals surface area contributed by atoms with E-state index in [1.165, 1.54) is 0 Å². The van der Waals surface area contributed by atoms with Crippen molar-refractivity contribution < 1.29 is 4.79 Å². The van der Waals surface area contributed by atoms with Crippen molar-refractivity contribution in [3.63, 3.8) is 0 Å². The van der Waals surface area contributed by atoms with Gasteiger partial charge in [0.25, 0.3) is 0 Å². The van der Waals surface area contributed by atoms with Crippen LogP contribution in [0.15, 0.2) is 36.9 Å². The SMILES string of the molecule is O=C(c1ncc[nH]1)C1CSN(c2cccnc2)C1. The minimum Gasteiger partial charge on any atom is -0.342 e. The van der Waals surface area contributed by atoms with Gasteiger partial charge in [-0.1, -0.05) is 0 Å². The molecule has 3 heterocycles. The average molecular weight is 260 g/mol. The zero-order chi connectivity index (χ0) is 12.4. The van der Waals surface area contributed by atoms with Gasteiger partial charge in [0.05, 0.1) is 17.8 Å². The van der Waals surface area contributed by atoms with E-state index in [4.69, 9.17) is 0 Å². The smallest absolute Gasteiger partial charge is 0.203 e. The van der Waals surface area contributed by atoms with Gasteiger partial charge in [0.15, 0.2) is 5.82 Å². The van der Waals surface area contributed by atoms with Gasteiger partial charge in [-0.25, -0.2) is 4.98 Å². The van der Waals surface area contributed by atoms with Crippen LogP contribution in [-0.4, -0.2) is 33.0 Å². The summed E-state index contributed by atoms with van der Waals surface area (Å²) in [5.74, 6) is 1.31. The number of carbonyl (C=O) groups is 1. The lowest BCUT2D eigenvalue weighted by Gasteiger charge is -2.15. The number of aromatic nitrogens is 3. The van der Waals surface area contributed by atoms with E-state index in [-0.39, 0.29) is 11.7 Å². The van der Waals surface area contributed by atoms with Crippen LogP contribution in [0.2, 0.25) is 0 Å². The Morgan fingerprint density at radius 3 is 3.17 bits per heavy atom. The van der Waals surface area contributed by atoms with Crippen molar-refractivity contribution in [2.45, 2.75) is 0 Å². The van der Waals surface area contributed by atoms with Crippen LogP contribution >= 0.6 is 11.9 Å². The first-order chi connectivity index (χ1) is 8.84. The minimum absolute atomic E-state index is 0.0126. The van der Waals surface area contributed by atoms with Gasteiger partial charge in [-0.3, -0.25) is 9.78 Å². The Morgan fingerprint density at radius 1 is 1.50 bits per heavy atom. The molecule has 1 aliphatic heterocycles. The molecule has 2 aromatic heterocycles. The lowest BCUT2D eigenvalue weighted by molar-refractivity contribution is 0.0931. The van der Waals surface area contributed by atoms with Crippen molar-refractivity contribution in [1.82, 2.24) is 15.0 Å². The molecule has 18 heavy (non-hydrogen) atoms. The molecule has 0 spiro atoms. The summed E-state index contributed by atoms with van der Waals surface area (Å²) in [6.45, 7) is 0.704. The quantitative estimate of drug-likeness (QED) is 0.673. The molecule has 0 aromatic carbocycles. The molecule has 1 saturated heterocycles. The van der Waals surface area contributed by atoms with E-state index in [0.717, 1.165) is 11.4 Å². The first-order valence-electron chi connectivity index (χ1n) is 5.68. The number of carbonyl (C=O) groups excluding carboxylic acids is 1. The number of nitrogens with zero attached hydrogens (tertiary/aromatic N) is 3. The van der Waals surface area contributed by atoms with E-state index in [1.807, 2.05) is 18.3 Å². The molecule has 6 heteroatoms. The predicted molar refractivity (Wildman–Crippen MR) is 70.4 cm³/mol. The van der Waals surface area contributed by atoms with Crippen LogP contribution < -0.4 is 4.31 Å². The van der Waals surface area contributed by atoms with E-state index in [0.29, 0.717) is 12.4 Å². The normalized spacial score (nSPS) is 19.1. The number of imidazole rings is 1. The number of ketones is 1. The van der Waals surface area contributed by atoms with Gasteiger partial charge in [0.2, 0.25) is 5.78 Å². The Bertz CT molecular complexity index is 528. The summed E-state index contributed by atoms with van der Waals surface area (Å²) >= 11 is 1.66. The second kappa shape index (κ2) is 4.81. The molecule has 0 radical (unpaired) electrons. The molecule has 1 atom stereocenters. The van der Waals surface area contributed by atoms with Gasteiger partial charge < -0.3 is 9.29 Å². The summed E-state index contributed by atoms with van der Waals surface area (Å²) in [5, 5.41) is 0. The second-order valence-electron chi connectivity index (χ2n) is 4.07. The van der Waals surface area contributed by atoms with E-state index >= 15 is 0 Å². The number of rotatable bonds is 3. The molecule has 0 aliphatic carbocycles. The van der Waals surface area contributed by atoms with Gasteiger partial charge in [0, 0.05) is 30.9 Å². The molecule has 2 aromatic rings. The van der Waals surface area contributed by atoms with E-state index in [1.54, 1.807) is 30.5 Å². The second-order valence-corrected chi connectivity index (χ2v) is 5.10. The monoisotopic (exact) mass is 260 g/mol. The van der Waals surface area contributed by atoms with Gasteiger partial charge in [-0.05, 0) is 24.1 Å². The highest BCUT2D eigenvalue weighted by Gasteiger charge is 2.31. The van der Waals surface area contributed by atoms with Crippen LogP contribution in [0.1, 0.15) is 10.6 Å². The zero-order valence-electron chi connectivity index (χ0n) is 9.61. The van der Waals surface area contributed by atoms with Crippen LogP contribution in [0.5, 0.6) is 0 Å². The highest BCUT2D eigenvalue weighted by atomic mass is 32.2. The molecule has 3 rings (SSSR count). The van der Waals surface area contributed by atoms with Gasteiger partial charge in [-0.2, -0.15) is 0 Å². The summed E-state index contributed by atoms with van der Waals surface area (Å²) in [4.78, 5) is 23.1. The van der Waals surface area contributed by atoms with E-state index < -0.39 is 0 Å². The van der Waals surface area contributed by atoms with Gasteiger partial charge in [-0.15, -0.1) is 0 Å². The molecular weight excluding hydrogens is 248 g/mol. The lowest BCUT2D eigenvalue weighted by Crippen LogP contribution is -2.22. The molecule has 1 unspecified atom stereocenters. The third kappa shape index (κ3) is 2.11. The van der Waals surface area contributed by atoms with Crippen molar-refractivity contribution in [2.75, 3.05) is 16.6 Å². The number of anilines is 1. The topological polar surface area (TPSA) is 61.9 Å². The Balaban J connectivity index is 1.71. The van der Waals surface area contributed by atoms with Crippen LogP contribution in [-0.2, 0) is 0 Å². The Morgan fingerprint density at radius 2 is 2.44 bits per heavy atom. The fourth-order valence-electron chi connectivity index (χ4n) is 1.92. The highest BCUT2D eigenvalue weighted by Crippen LogP contribution is 2.31. The van der Waals surface area contributed by atoms with Crippen molar-refractivity contribution in [3.05, 3.63) is 42.7 Å². The first-order valence-corrected chi connectivity index (χ1v) is 6.63. The summed E-state index contributed by atoms with van der Waals surface area (Å²) in [7, 11) is 0. The maximum Gasteiger partial charge on any atom is 0.203 e. The Kier molecular flexibility index (Phi) is 3.02. The van der Waals surface area contributed by atoms with Gasteiger partial charge in [0.1, 0.15) is 0 Å². The van der Waals surface area contributed by atoms with Crippen molar-refractivity contribution in [3.8, 4) is 0 Å². The highest BCUT2D eigenvalue weighted by molar-refractivity contribution is 8.00. The van der Waals surface area contributed by atoms with Gasteiger partial charge >= 0.3 is 0 Å². The third-order valence-corrected chi connectivity index (χ3v) is 4.08. The molecule has 0 saturated carbocycles. The fraction of sp³-hybridized carbons (Fsp3) is 0.250. The molecule has 92 valence electrons. The van der Waals surface area contributed by atoms with Crippen molar-refractivity contribution >= 4 is 23.4 Å². The molecule has 0 amide bonds. The molecule has 1 aliphatic rings. The Labute approximate surface area is 109 Å². The average Bonchev–Trinajstić information content (AvgIpc) is 3.10. The number of hydrogen-bond donors (Lipinski definition) is 1. The lowest BCUT2D eigenvalue weighted by atomic mass is 10.1. The number of nitrogens with one attached hydrogen (secondary N) is 1. The fourth-order valence-corrected chi connectivity index (χ4v) is 3.08. The third-order valence-electron chi connectivity index (χ3n) is 2.85. The summed E-state index contributed by atoms with van der Waals surface area (Å²) < 4.78 is 2.11. The molecule has 0 bridgehead atoms. The van der Waals surface area contributed by atoms with Crippen LogP contribution in [0.3, 0.4) is 0 Å². The minimum atomic E-state index is -0.0126. The van der Waals surface area contributed by atoms with Crippen LogP contribution in [0.25, 0.3) is 0 Å². The summed E-state index contributed by atoms with van der Waals surface area (Å²) in [5.41, 5.74) is 1.04. The molecule has 1 fully saturated rings. The Hall–Kier alpha value is -1.82. The largest absolute Gasteiger partial charge is 0.342 e. The van der Waals surface area contributed by atoms with E-state index in [9.17, 15) is 4.79 Å². The zero-order valence-corrected chi connectivity index (χ0v) is 10.4. The number of Topliss-reactive ketones (excluding diaryl/α,β-unsaturated/α-hetero) is 1. The summed E-state index contributed by atoms with van der Waals surface area (Å²) in [6.07, 6.45) is 6.84. The molecule has 1 N–H and O–H groups in total. The summed E-state index contributed by atoms with van der Waals surface area (Å²) in [6, 6.07) is 3.90. The maximum atomic E-state index is 12.1. The number of aromatic amines is 1. The molecular formula is C12H12N4OS. The number of pyridine rings is 1. The molecule has 5 nitrogen and oxygen atoms in total.